The van der Waals surface area contributed by atoms with Crippen molar-refractivity contribution in [1.82, 2.24) is 9.80 Å². The third-order valence-corrected chi connectivity index (χ3v) is 4.35. The quantitative estimate of drug-likeness (QED) is 0.675. The van der Waals surface area contributed by atoms with Crippen LogP contribution in [0.3, 0.4) is 0 Å². The third-order valence-electron chi connectivity index (χ3n) is 4.35. The van der Waals surface area contributed by atoms with Crippen LogP contribution in [-0.2, 0) is 19.1 Å². The first kappa shape index (κ1) is 15.3. The number of likely N-dealkylation sites (tertiary alicyclic amines) is 2. The maximum Gasteiger partial charge on any atom is 0.323 e. The molecule has 0 aromatic carbocycles. The fourth-order valence-corrected chi connectivity index (χ4v) is 3.25. The van der Waals surface area contributed by atoms with Crippen molar-refractivity contribution >= 4 is 11.9 Å². The minimum atomic E-state index is -0.145. The van der Waals surface area contributed by atoms with Crippen molar-refractivity contribution in [2.24, 2.45) is 0 Å². The van der Waals surface area contributed by atoms with Crippen molar-refractivity contribution in [3.8, 4) is 0 Å². The highest BCUT2D eigenvalue weighted by molar-refractivity contribution is 5.76. The zero-order valence-electron chi connectivity index (χ0n) is 12.3. The van der Waals surface area contributed by atoms with Gasteiger partial charge in [0.25, 0.3) is 0 Å². The number of hydrogen-bond donors (Lipinski definition) is 0. The number of rotatable bonds is 5. The maximum absolute atomic E-state index is 11.7. The lowest BCUT2D eigenvalue weighted by atomic mass is 10.2. The van der Waals surface area contributed by atoms with Gasteiger partial charge in [0.2, 0.25) is 0 Å². The summed E-state index contributed by atoms with van der Waals surface area (Å²) in [6.07, 6.45) is 3.79. The van der Waals surface area contributed by atoms with E-state index in [0.717, 1.165) is 51.9 Å². The van der Waals surface area contributed by atoms with Gasteiger partial charge in [-0.2, -0.15) is 0 Å². The highest BCUT2D eigenvalue weighted by Gasteiger charge is 2.34. The zero-order chi connectivity index (χ0) is 14.5. The van der Waals surface area contributed by atoms with Gasteiger partial charge < -0.3 is 9.47 Å². The van der Waals surface area contributed by atoms with Crippen molar-refractivity contribution in [3.05, 3.63) is 0 Å². The van der Waals surface area contributed by atoms with Gasteiger partial charge >= 0.3 is 11.9 Å². The highest BCUT2D eigenvalue weighted by Crippen LogP contribution is 2.21. The molecular formula is C14H24N2O4. The average molecular weight is 284 g/mol. The molecule has 0 radical (unpaired) electrons. The second-order valence-electron chi connectivity index (χ2n) is 5.43. The van der Waals surface area contributed by atoms with Gasteiger partial charge in [-0.05, 0) is 38.8 Å². The van der Waals surface area contributed by atoms with Gasteiger partial charge in [0.05, 0.1) is 14.2 Å². The molecule has 2 saturated heterocycles. The molecule has 6 nitrogen and oxygen atoms in total. The minimum Gasteiger partial charge on any atom is -0.468 e. The SMILES string of the molecule is COC(=O)[C@@H]1CCCN1CCN1CCC[C@H]1C(=O)OC. The van der Waals surface area contributed by atoms with Crippen LogP contribution in [0.25, 0.3) is 0 Å². The Morgan fingerprint density at radius 2 is 1.30 bits per heavy atom. The molecule has 0 N–H and O–H groups in total. The summed E-state index contributed by atoms with van der Waals surface area (Å²) in [5.41, 5.74) is 0. The lowest BCUT2D eigenvalue weighted by Gasteiger charge is -2.27. The Labute approximate surface area is 120 Å². The fourth-order valence-electron chi connectivity index (χ4n) is 3.25. The Bertz CT molecular complexity index is 327. The van der Waals surface area contributed by atoms with Crippen LogP contribution >= 0.6 is 0 Å². The van der Waals surface area contributed by atoms with E-state index in [9.17, 15) is 9.59 Å². The number of carbonyl (C=O) groups excluding carboxylic acids is 2. The van der Waals surface area contributed by atoms with Gasteiger partial charge in [0.1, 0.15) is 12.1 Å². The number of carbonyl (C=O) groups is 2. The Morgan fingerprint density at radius 3 is 1.65 bits per heavy atom. The van der Waals surface area contributed by atoms with Crippen LogP contribution in [0.1, 0.15) is 25.7 Å². The molecule has 2 aliphatic rings. The van der Waals surface area contributed by atoms with Crippen molar-refractivity contribution in [2.45, 2.75) is 37.8 Å². The second kappa shape index (κ2) is 7.04. The van der Waals surface area contributed by atoms with Crippen LogP contribution in [0.5, 0.6) is 0 Å². The van der Waals surface area contributed by atoms with Crippen molar-refractivity contribution < 1.29 is 19.1 Å². The van der Waals surface area contributed by atoms with Gasteiger partial charge in [-0.15, -0.1) is 0 Å². The average Bonchev–Trinajstić information content (AvgIpc) is 3.11. The Kier molecular flexibility index (Phi) is 5.37. The molecule has 6 heteroatoms. The minimum absolute atomic E-state index is 0.112. The zero-order valence-corrected chi connectivity index (χ0v) is 12.3. The van der Waals surface area contributed by atoms with Gasteiger partial charge in [0, 0.05) is 13.1 Å². The number of esters is 2. The molecule has 0 bridgehead atoms. The summed E-state index contributed by atoms with van der Waals surface area (Å²) in [5, 5.41) is 0. The van der Waals surface area contributed by atoms with E-state index in [0.29, 0.717) is 0 Å². The van der Waals surface area contributed by atoms with E-state index < -0.39 is 0 Å². The lowest BCUT2D eigenvalue weighted by molar-refractivity contribution is -0.147. The maximum atomic E-state index is 11.7. The van der Waals surface area contributed by atoms with Gasteiger partial charge in [-0.3, -0.25) is 19.4 Å². The van der Waals surface area contributed by atoms with E-state index in [-0.39, 0.29) is 24.0 Å². The number of nitrogens with zero attached hydrogens (tertiary/aromatic N) is 2. The molecule has 0 amide bonds. The summed E-state index contributed by atoms with van der Waals surface area (Å²) in [6.45, 7) is 3.45. The van der Waals surface area contributed by atoms with Gasteiger partial charge in [-0.25, -0.2) is 0 Å². The largest absolute Gasteiger partial charge is 0.468 e. The van der Waals surface area contributed by atoms with E-state index in [1.165, 1.54) is 14.2 Å². The third kappa shape index (κ3) is 3.30. The first-order valence-electron chi connectivity index (χ1n) is 7.31. The van der Waals surface area contributed by atoms with Crippen LogP contribution < -0.4 is 0 Å². The summed E-state index contributed by atoms with van der Waals surface area (Å²) in [6, 6.07) is -0.224. The van der Waals surface area contributed by atoms with Crippen LogP contribution in [0, 0.1) is 0 Å². The molecule has 114 valence electrons. The summed E-state index contributed by atoms with van der Waals surface area (Å²) in [4.78, 5) is 27.7. The summed E-state index contributed by atoms with van der Waals surface area (Å²) >= 11 is 0. The first-order chi connectivity index (χ1) is 9.67. The molecule has 0 aliphatic carbocycles. The summed E-state index contributed by atoms with van der Waals surface area (Å²) in [7, 11) is 2.87. The summed E-state index contributed by atoms with van der Waals surface area (Å²) < 4.78 is 9.69. The lowest BCUT2D eigenvalue weighted by Crippen LogP contribution is -2.44. The molecule has 0 aromatic rings. The number of ether oxygens (including phenoxy) is 2. The Hall–Kier alpha value is -1.14. The van der Waals surface area contributed by atoms with E-state index in [2.05, 4.69) is 9.80 Å². The highest BCUT2D eigenvalue weighted by atomic mass is 16.5. The van der Waals surface area contributed by atoms with Crippen LogP contribution in [0.15, 0.2) is 0 Å². The molecule has 2 aliphatic heterocycles. The fraction of sp³-hybridized carbons (Fsp3) is 0.857. The standard InChI is InChI=1S/C14H24N2O4/c1-19-13(17)11-5-3-7-15(11)9-10-16-8-4-6-12(16)14(18)20-2/h11-12H,3-10H2,1-2H3/t11-,12-/m0/s1. The van der Waals surface area contributed by atoms with Gasteiger partial charge in [0.15, 0.2) is 0 Å². The smallest absolute Gasteiger partial charge is 0.323 e. The van der Waals surface area contributed by atoms with E-state index in [1.807, 2.05) is 0 Å². The van der Waals surface area contributed by atoms with E-state index in [1.54, 1.807) is 0 Å². The molecule has 2 atom stereocenters. The normalized spacial score (nSPS) is 27.7. The molecule has 0 spiro atoms. The molecule has 0 aromatic heterocycles. The van der Waals surface area contributed by atoms with Crippen LogP contribution in [0.2, 0.25) is 0 Å². The molecular weight excluding hydrogens is 260 g/mol. The van der Waals surface area contributed by atoms with Gasteiger partial charge in [-0.1, -0.05) is 0 Å². The predicted octanol–water partition coefficient (Wildman–Crippen LogP) is 0.261. The number of methoxy groups -OCH3 is 2. The molecule has 2 heterocycles. The molecule has 0 unspecified atom stereocenters. The first-order valence-corrected chi connectivity index (χ1v) is 7.31. The second-order valence-corrected chi connectivity index (χ2v) is 5.43. The van der Waals surface area contributed by atoms with Crippen molar-refractivity contribution in [2.75, 3.05) is 40.4 Å². The van der Waals surface area contributed by atoms with E-state index in [4.69, 9.17) is 9.47 Å². The van der Waals surface area contributed by atoms with Crippen molar-refractivity contribution in [3.63, 3.8) is 0 Å². The topological polar surface area (TPSA) is 59.1 Å². The van der Waals surface area contributed by atoms with Crippen LogP contribution in [-0.4, -0.2) is 74.2 Å². The predicted molar refractivity (Wildman–Crippen MR) is 73.2 cm³/mol. The monoisotopic (exact) mass is 284 g/mol. The molecule has 20 heavy (non-hydrogen) atoms. The van der Waals surface area contributed by atoms with Crippen LogP contribution in [0.4, 0.5) is 0 Å². The number of hydrogen-bond acceptors (Lipinski definition) is 6. The Balaban J connectivity index is 1.85. The van der Waals surface area contributed by atoms with Crippen molar-refractivity contribution in [1.29, 1.82) is 0 Å². The summed E-state index contributed by atoms with van der Waals surface area (Å²) in [5.74, 6) is -0.290. The van der Waals surface area contributed by atoms with E-state index >= 15 is 0 Å². The Morgan fingerprint density at radius 1 is 0.900 bits per heavy atom. The molecule has 2 fully saturated rings. The molecule has 0 saturated carbocycles. The molecule has 2 rings (SSSR count).